The number of carboxylic acids is 1. The molecule has 1 saturated heterocycles. The lowest BCUT2D eigenvalue weighted by Crippen LogP contribution is -2.40. The third kappa shape index (κ3) is 2.57. The molecule has 0 spiro atoms. The highest BCUT2D eigenvalue weighted by Crippen LogP contribution is 2.39. The van der Waals surface area contributed by atoms with Gasteiger partial charge in [-0.15, -0.1) is 0 Å². The Balaban J connectivity index is 2.19. The molecular weight excluding hydrogens is 254 g/mol. The molecule has 0 bridgehead atoms. The molecule has 2 heterocycles. The SMILES string of the molecule is CCC1(CC)CCN(c2nccc(C(=O)O)c2N)CC1. The molecule has 5 heteroatoms. The van der Waals surface area contributed by atoms with Gasteiger partial charge in [-0.1, -0.05) is 26.7 Å². The summed E-state index contributed by atoms with van der Waals surface area (Å²) in [5.41, 5.74) is 6.80. The zero-order chi connectivity index (χ0) is 14.8. The van der Waals surface area contributed by atoms with Crippen molar-refractivity contribution in [1.29, 1.82) is 0 Å². The number of anilines is 2. The average molecular weight is 277 g/mol. The van der Waals surface area contributed by atoms with E-state index in [0.29, 0.717) is 11.2 Å². The number of hydrogen-bond donors (Lipinski definition) is 2. The Labute approximate surface area is 119 Å². The molecule has 1 aliphatic heterocycles. The molecule has 0 saturated carbocycles. The maximum Gasteiger partial charge on any atom is 0.337 e. The highest BCUT2D eigenvalue weighted by Gasteiger charge is 2.32. The van der Waals surface area contributed by atoms with Crippen LogP contribution in [0.4, 0.5) is 11.5 Å². The predicted molar refractivity (Wildman–Crippen MR) is 80.1 cm³/mol. The monoisotopic (exact) mass is 277 g/mol. The molecule has 0 amide bonds. The first-order valence-corrected chi connectivity index (χ1v) is 7.25. The third-order valence-corrected chi connectivity index (χ3v) is 4.82. The molecule has 1 aromatic heterocycles. The van der Waals surface area contributed by atoms with E-state index >= 15 is 0 Å². The number of carbonyl (C=O) groups is 1. The lowest BCUT2D eigenvalue weighted by atomic mass is 9.74. The first kappa shape index (κ1) is 14.6. The van der Waals surface area contributed by atoms with Crippen LogP contribution >= 0.6 is 0 Å². The van der Waals surface area contributed by atoms with Crippen LogP contribution in [-0.4, -0.2) is 29.1 Å². The van der Waals surface area contributed by atoms with Gasteiger partial charge in [0.15, 0.2) is 5.82 Å². The molecule has 0 aromatic carbocycles. The van der Waals surface area contributed by atoms with E-state index in [1.165, 1.54) is 25.1 Å². The van der Waals surface area contributed by atoms with Crippen molar-refractivity contribution in [2.24, 2.45) is 5.41 Å². The summed E-state index contributed by atoms with van der Waals surface area (Å²) in [7, 11) is 0. The van der Waals surface area contributed by atoms with Gasteiger partial charge in [0.05, 0.1) is 11.3 Å². The van der Waals surface area contributed by atoms with Gasteiger partial charge in [-0.3, -0.25) is 0 Å². The summed E-state index contributed by atoms with van der Waals surface area (Å²) in [4.78, 5) is 17.5. The standard InChI is InChI=1S/C15H23N3O2/c1-3-15(4-2)6-9-18(10-7-15)13-12(16)11(14(19)20)5-8-17-13/h5,8H,3-4,6-7,9-10,16H2,1-2H3,(H,19,20). The Bertz CT molecular complexity index is 488. The number of rotatable bonds is 4. The summed E-state index contributed by atoms with van der Waals surface area (Å²) in [6.07, 6.45) is 6.12. The number of pyridine rings is 1. The summed E-state index contributed by atoms with van der Waals surface area (Å²) < 4.78 is 0. The fourth-order valence-electron chi connectivity index (χ4n) is 3.05. The summed E-state index contributed by atoms with van der Waals surface area (Å²) in [6, 6.07) is 1.45. The van der Waals surface area contributed by atoms with Gasteiger partial charge in [0.1, 0.15) is 0 Å². The number of aromatic carboxylic acids is 1. The van der Waals surface area contributed by atoms with Crippen LogP contribution < -0.4 is 10.6 Å². The Morgan fingerprint density at radius 3 is 2.50 bits per heavy atom. The number of nitrogens with two attached hydrogens (primary N) is 1. The van der Waals surface area contributed by atoms with E-state index in [2.05, 4.69) is 23.7 Å². The molecule has 1 aromatic rings. The van der Waals surface area contributed by atoms with Crippen LogP contribution in [0.2, 0.25) is 0 Å². The molecule has 0 unspecified atom stereocenters. The molecule has 0 atom stereocenters. The molecule has 110 valence electrons. The molecule has 0 radical (unpaired) electrons. The Kier molecular flexibility index (Phi) is 4.16. The molecule has 5 nitrogen and oxygen atoms in total. The van der Waals surface area contributed by atoms with Crippen LogP contribution in [0.3, 0.4) is 0 Å². The lowest BCUT2D eigenvalue weighted by Gasteiger charge is -2.41. The molecule has 20 heavy (non-hydrogen) atoms. The maximum absolute atomic E-state index is 11.1. The molecule has 1 aliphatic rings. The van der Waals surface area contributed by atoms with Crippen molar-refractivity contribution in [2.75, 3.05) is 23.7 Å². The van der Waals surface area contributed by atoms with Gasteiger partial charge in [0.2, 0.25) is 0 Å². The number of nitrogens with zero attached hydrogens (tertiary/aromatic N) is 2. The summed E-state index contributed by atoms with van der Waals surface area (Å²) in [6.45, 7) is 6.28. The van der Waals surface area contributed by atoms with Gasteiger partial charge in [0, 0.05) is 19.3 Å². The molecule has 3 N–H and O–H groups in total. The van der Waals surface area contributed by atoms with Crippen molar-refractivity contribution in [2.45, 2.75) is 39.5 Å². The topological polar surface area (TPSA) is 79.5 Å². The number of hydrogen-bond acceptors (Lipinski definition) is 4. The summed E-state index contributed by atoms with van der Waals surface area (Å²) in [5, 5.41) is 9.12. The van der Waals surface area contributed by atoms with E-state index < -0.39 is 5.97 Å². The van der Waals surface area contributed by atoms with Gasteiger partial charge in [-0.2, -0.15) is 0 Å². The minimum absolute atomic E-state index is 0.137. The summed E-state index contributed by atoms with van der Waals surface area (Å²) >= 11 is 0. The van der Waals surface area contributed by atoms with Crippen molar-refractivity contribution in [3.05, 3.63) is 17.8 Å². The van der Waals surface area contributed by atoms with E-state index in [0.717, 1.165) is 25.9 Å². The first-order valence-electron chi connectivity index (χ1n) is 7.25. The van der Waals surface area contributed by atoms with Crippen molar-refractivity contribution in [3.63, 3.8) is 0 Å². The van der Waals surface area contributed by atoms with Crippen LogP contribution in [0.1, 0.15) is 49.9 Å². The Hall–Kier alpha value is -1.78. The van der Waals surface area contributed by atoms with E-state index in [-0.39, 0.29) is 11.3 Å². The van der Waals surface area contributed by atoms with Crippen LogP contribution in [0.25, 0.3) is 0 Å². The number of piperidine rings is 1. The highest BCUT2D eigenvalue weighted by atomic mass is 16.4. The van der Waals surface area contributed by atoms with Crippen molar-refractivity contribution >= 4 is 17.5 Å². The zero-order valence-corrected chi connectivity index (χ0v) is 12.2. The smallest absolute Gasteiger partial charge is 0.337 e. The number of nitrogen functional groups attached to an aromatic ring is 1. The van der Waals surface area contributed by atoms with Crippen LogP contribution in [0.5, 0.6) is 0 Å². The molecule has 1 fully saturated rings. The largest absolute Gasteiger partial charge is 0.478 e. The molecular formula is C15H23N3O2. The van der Waals surface area contributed by atoms with E-state index in [1.807, 2.05) is 0 Å². The lowest BCUT2D eigenvalue weighted by molar-refractivity contribution is 0.0698. The van der Waals surface area contributed by atoms with Gasteiger partial charge in [0.25, 0.3) is 0 Å². The highest BCUT2D eigenvalue weighted by molar-refractivity contribution is 5.96. The second kappa shape index (κ2) is 5.69. The molecule has 2 rings (SSSR count). The maximum atomic E-state index is 11.1. The van der Waals surface area contributed by atoms with E-state index in [4.69, 9.17) is 10.8 Å². The average Bonchev–Trinajstić information content (AvgIpc) is 2.47. The van der Waals surface area contributed by atoms with Crippen LogP contribution in [-0.2, 0) is 0 Å². The quantitative estimate of drug-likeness (QED) is 0.884. The van der Waals surface area contributed by atoms with Gasteiger partial charge >= 0.3 is 5.97 Å². The van der Waals surface area contributed by atoms with Crippen molar-refractivity contribution in [1.82, 2.24) is 4.98 Å². The number of aromatic nitrogens is 1. The van der Waals surface area contributed by atoms with E-state index in [1.54, 1.807) is 0 Å². The van der Waals surface area contributed by atoms with Gasteiger partial charge < -0.3 is 15.7 Å². The predicted octanol–water partition coefficient (Wildman–Crippen LogP) is 2.77. The fourth-order valence-corrected chi connectivity index (χ4v) is 3.05. The fraction of sp³-hybridized carbons (Fsp3) is 0.600. The zero-order valence-electron chi connectivity index (χ0n) is 12.2. The van der Waals surface area contributed by atoms with Gasteiger partial charge in [-0.25, -0.2) is 9.78 Å². The Morgan fingerprint density at radius 2 is 2.00 bits per heavy atom. The molecule has 0 aliphatic carbocycles. The third-order valence-electron chi connectivity index (χ3n) is 4.82. The second-order valence-corrected chi connectivity index (χ2v) is 5.60. The summed E-state index contributed by atoms with van der Waals surface area (Å²) in [5.74, 6) is -0.384. The van der Waals surface area contributed by atoms with Crippen LogP contribution in [0, 0.1) is 5.41 Å². The number of carboxylic acid groups (broad SMARTS) is 1. The van der Waals surface area contributed by atoms with Crippen LogP contribution in [0.15, 0.2) is 12.3 Å². The Morgan fingerprint density at radius 1 is 1.40 bits per heavy atom. The van der Waals surface area contributed by atoms with Crippen molar-refractivity contribution < 1.29 is 9.90 Å². The first-order chi connectivity index (χ1) is 9.53. The second-order valence-electron chi connectivity index (χ2n) is 5.60. The van der Waals surface area contributed by atoms with Crippen molar-refractivity contribution in [3.8, 4) is 0 Å². The van der Waals surface area contributed by atoms with Gasteiger partial charge in [-0.05, 0) is 24.3 Å². The minimum atomic E-state index is -1.00. The van der Waals surface area contributed by atoms with E-state index in [9.17, 15) is 4.79 Å². The normalized spacial score (nSPS) is 18.0. The minimum Gasteiger partial charge on any atom is -0.478 e.